The van der Waals surface area contributed by atoms with E-state index in [0.717, 1.165) is 0 Å². The van der Waals surface area contributed by atoms with E-state index in [4.69, 9.17) is 46.4 Å². The summed E-state index contributed by atoms with van der Waals surface area (Å²) in [5.74, 6) is 0. The third-order valence-corrected chi connectivity index (χ3v) is 7.09. The molecule has 14 heavy (non-hydrogen) atoms. The fraction of sp³-hybridized carbons (Fsp3) is 0.250. The van der Waals surface area contributed by atoms with Crippen molar-refractivity contribution >= 4 is 75.8 Å². The Kier molecular flexibility index (Phi) is 5.90. The van der Waals surface area contributed by atoms with E-state index in [1.54, 1.807) is 0 Å². The maximum absolute atomic E-state index is 5.80. The molecule has 0 heterocycles. The monoisotopic (exact) mass is 302 g/mol. The summed E-state index contributed by atoms with van der Waals surface area (Å²) in [5, 5.41) is 2.61. The van der Waals surface area contributed by atoms with Crippen LogP contribution in [0, 0.1) is 0 Å². The van der Waals surface area contributed by atoms with Crippen molar-refractivity contribution in [3.8, 4) is 0 Å². The first kappa shape index (κ1) is 12.9. The first-order valence-corrected chi connectivity index (χ1v) is 9.02. The third kappa shape index (κ3) is 4.56. The van der Waals surface area contributed by atoms with Crippen molar-refractivity contribution in [2.45, 2.75) is 8.92 Å². The van der Waals surface area contributed by atoms with Gasteiger partial charge < -0.3 is 0 Å². The zero-order valence-corrected chi connectivity index (χ0v) is 13.2. The van der Waals surface area contributed by atoms with E-state index >= 15 is 0 Å². The summed E-state index contributed by atoms with van der Waals surface area (Å²) in [6, 6.07) is 8.19. The van der Waals surface area contributed by atoms with E-state index in [9.17, 15) is 0 Å². The molecule has 0 aliphatic heterocycles. The van der Waals surface area contributed by atoms with Crippen LogP contribution < -0.4 is 10.4 Å². The first-order valence-electron chi connectivity index (χ1n) is 4.22. The number of hydrogen-bond acceptors (Lipinski definition) is 0. The Morgan fingerprint density at radius 1 is 0.786 bits per heavy atom. The maximum Gasteiger partial charge on any atom is 0.0957 e. The Bertz CT molecular complexity index is 261. The zero-order chi connectivity index (χ0) is 10.6. The summed E-state index contributed by atoms with van der Waals surface area (Å²) >= 11 is 23.2. The van der Waals surface area contributed by atoms with Gasteiger partial charge in [0, 0.05) is 0 Å². The SMILES string of the molecule is ClC(Cl)[SiH2]c1ccccc1[SiH2]C(Cl)Cl. The molecule has 0 unspecified atom stereocenters. The highest BCUT2D eigenvalue weighted by atomic mass is 35.5. The fourth-order valence-corrected chi connectivity index (χ4v) is 6.12. The standard InChI is InChI=1S/C8H10Cl4Si2/c9-7(10)13-5-3-1-2-4-6(5)14-8(11)12/h1-4,7-8H,13-14H2. The summed E-state index contributed by atoms with van der Waals surface area (Å²) < 4.78 is -0.455. The van der Waals surface area contributed by atoms with Gasteiger partial charge in [-0.05, 0) is 0 Å². The van der Waals surface area contributed by atoms with Crippen LogP contribution >= 0.6 is 46.4 Å². The highest BCUT2D eigenvalue weighted by Gasteiger charge is 2.10. The van der Waals surface area contributed by atoms with Gasteiger partial charge in [0.25, 0.3) is 0 Å². The molecule has 1 rings (SSSR count). The largest absolute Gasteiger partial charge is 0.110 e. The van der Waals surface area contributed by atoms with E-state index in [1.807, 2.05) is 12.1 Å². The van der Waals surface area contributed by atoms with Gasteiger partial charge in [0.15, 0.2) is 0 Å². The Labute approximate surface area is 109 Å². The molecule has 0 nitrogen and oxygen atoms in total. The quantitative estimate of drug-likeness (QED) is 0.570. The van der Waals surface area contributed by atoms with E-state index < -0.39 is 19.0 Å². The second-order valence-corrected chi connectivity index (χ2v) is 11.6. The van der Waals surface area contributed by atoms with Gasteiger partial charge >= 0.3 is 0 Å². The van der Waals surface area contributed by atoms with Crippen LogP contribution in [0.5, 0.6) is 0 Å². The third-order valence-electron chi connectivity index (χ3n) is 1.87. The Morgan fingerprint density at radius 3 is 1.43 bits per heavy atom. The van der Waals surface area contributed by atoms with Gasteiger partial charge in [-0.2, -0.15) is 0 Å². The summed E-state index contributed by atoms with van der Waals surface area (Å²) in [4.78, 5) is 0. The smallest absolute Gasteiger partial charge is 0.0957 e. The minimum absolute atomic E-state index is 0.228. The van der Waals surface area contributed by atoms with Crippen molar-refractivity contribution in [3.63, 3.8) is 0 Å². The van der Waals surface area contributed by atoms with Crippen molar-refractivity contribution in [1.29, 1.82) is 0 Å². The second kappa shape index (κ2) is 6.41. The van der Waals surface area contributed by atoms with Gasteiger partial charge in [-0.1, -0.05) is 34.6 Å². The number of alkyl halides is 4. The average molecular weight is 304 g/mol. The molecule has 0 fully saturated rings. The Balaban J connectivity index is 2.80. The van der Waals surface area contributed by atoms with Crippen LogP contribution in [0.2, 0.25) is 0 Å². The van der Waals surface area contributed by atoms with Gasteiger partial charge in [-0.3, -0.25) is 0 Å². The zero-order valence-electron chi connectivity index (χ0n) is 7.39. The van der Waals surface area contributed by atoms with Crippen LogP contribution in [-0.2, 0) is 0 Å². The molecule has 0 saturated carbocycles. The molecular weight excluding hydrogens is 294 g/mol. The average Bonchev–Trinajstić information content (AvgIpc) is 2.06. The molecule has 0 saturated heterocycles. The molecule has 0 bridgehead atoms. The summed E-state index contributed by atoms with van der Waals surface area (Å²) in [7, 11) is -1.20. The molecule has 0 spiro atoms. The molecule has 0 atom stereocenters. The molecule has 0 radical (unpaired) electrons. The molecule has 1 aromatic carbocycles. The maximum atomic E-state index is 5.80. The molecule has 0 aromatic heterocycles. The number of benzene rings is 1. The molecule has 1 aromatic rings. The molecular formula is C8H10Cl4Si2. The van der Waals surface area contributed by atoms with Crippen LogP contribution in [0.4, 0.5) is 0 Å². The van der Waals surface area contributed by atoms with Gasteiger partial charge in [-0.25, -0.2) is 0 Å². The second-order valence-electron chi connectivity index (χ2n) is 2.96. The lowest BCUT2D eigenvalue weighted by molar-refractivity contribution is 1.77. The first-order chi connectivity index (χ1) is 6.59. The minimum Gasteiger partial charge on any atom is -0.110 e. The molecule has 0 aliphatic rings. The van der Waals surface area contributed by atoms with Crippen LogP contribution in [0.1, 0.15) is 0 Å². The molecule has 78 valence electrons. The van der Waals surface area contributed by atoms with Crippen LogP contribution in [-0.4, -0.2) is 28.0 Å². The van der Waals surface area contributed by atoms with Gasteiger partial charge in [-0.15, -0.1) is 46.4 Å². The van der Waals surface area contributed by atoms with Crippen LogP contribution in [0.15, 0.2) is 24.3 Å². The highest BCUT2D eigenvalue weighted by molar-refractivity contribution is 6.83. The Morgan fingerprint density at radius 2 is 1.14 bits per heavy atom. The normalized spacial score (nSPS) is 13.0. The fourth-order valence-electron chi connectivity index (χ4n) is 1.29. The van der Waals surface area contributed by atoms with E-state index in [-0.39, 0.29) is 8.92 Å². The number of halogens is 4. The minimum atomic E-state index is -0.600. The van der Waals surface area contributed by atoms with E-state index in [0.29, 0.717) is 0 Å². The lowest BCUT2D eigenvalue weighted by Gasteiger charge is -2.09. The van der Waals surface area contributed by atoms with Crippen molar-refractivity contribution < 1.29 is 0 Å². The van der Waals surface area contributed by atoms with Crippen molar-refractivity contribution in [2.75, 3.05) is 0 Å². The number of rotatable bonds is 4. The lowest BCUT2D eigenvalue weighted by Crippen LogP contribution is -2.40. The topological polar surface area (TPSA) is 0 Å². The molecule has 6 heteroatoms. The van der Waals surface area contributed by atoms with Gasteiger partial charge in [0.1, 0.15) is 0 Å². The van der Waals surface area contributed by atoms with E-state index in [1.165, 1.54) is 10.4 Å². The summed E-state index contributed by atoms with van der Waals surface area (Å²) in [6.45, 7) is 0. The van der Waals surface area contributed by atoms with E-state index in [2.05, 4.69) is 12.1 Å². The lowest BCUT2D eigenvalue weighted by atomic mass is 10.4. The van der Waals surface area contributed by atoms with Crippen molar-refractivity contribution in [1.82, 2.24) is 0 Å². The van der Waals surface area contributed by atoms with Crippen molar-refractivity contribution in [2.24, 2.45) is 0 Å². The molecule has 0 aliphatic carbocycles. The van der Waals surface area contributed by atoms with Gasteiger partial charge in [0.05, 0.1) is 28.0 Å². The Hall–Kier alpha value is 0.814. The van der Waals surface area contributed by atoms with Crippen molar-refractivity contribution in [3.05, 3.63) is 24.3 Å². The molecule has 0 amide bonds. The number of hydrogen-bond donors (Lipinski definition) is 0. The predicted octanol–water partition coefficient (Wildman–Crippen LogP) is 0.797. The van der Waals surface area contributed by atoms with Crippen LogP contribution in [0.3, 0.4) is 0 Å². The highest BCUT2D eigenvalue weighted by Crippen LogP contribution is 2.00. The predicted molar refractivity (Wildman–Crippen MR) is 73.8 cm³/mol. The summed E-state index contributed by atoms with van der Waals surface area (Å²) in [5.41, 5.74) is 0. The van der Waals surface area contributed by atoms with Gasteiger partial charge in [0.2, 0.25) is 0 Å². The summed E-state index contributed by atoms with van der Waals surface area (Å²) in [6.07, 6.45) is 0. The van der Waals surface area contributed by atoms with Crippen LogP contribution in [0.25, 0.3) is 0 Å². The molecule has 0 N–H and O–H groups in total.